The number of aromatic nitrogens is 2. The van der Waals surface area contributed by atoms with Crippen molar-refractivity contribution in [2.75, 3.05) is 0 Å². The highest BCUT2D eigenvalue weighted by molar-refractivity contribution is 5.94. The van der Waals surface area contributed by atoms with Gasteiger partial charge in [0, 0.05) is 46.3 Å². The van der Waals surface area contributed by atoms with Crippen molar-refractivity contribution < 1.29 is 19.5 Å². The van der Waals surface area contributed by atoms with E-state index < -0.39 is 17.5 Å². The summed E-state index contributed by atoms with van der Waals surface area (Å²) in [4.78, 5) is 32.4. The second kappa shape index (κ2) is 9.73. The topological polar surface area (TPSA) is 113 Å². The third kappa shape index (κ3) is 6.39. The Morgan fingerprint density at radius 3 is 2.38 bits per heavy atom. The van der Waals surface area contributed by atoms with E-state index in [0.29, 0.717) is 11.3 Å². The second-order valence-corrected chi connectivity index (χ2v) is 7.85. The first-order chi connectivity index (χ1) is 15.2. The number of carbonyl (C=O) groups excluding carboxylic acids is 2. The van der Waals surface area contributed by atoms with Crippen molar-refractivity contribution in [3.63, 3.8) is 0 Å². The number of hydrogen-bond donors (Lipinski definition) is 3. The smallest absolute Gasteiger partial charge is 0.391 e. The first-order valence-corrected chi connectivity index (χ1v) is 9.72. The molecule has 0 saturated heterocycles. The van der Waals surface area contributed by atoms with Crippen LogP contribution in [-0.4, -0.2) is 32.7 Å². The lowest BCUT2D eigenvalue weighted by atomic mass is 10.1. The summed E-state index contributed by atoms with van der Waals surface area (Å²) in [7, 11) is 0. The molecule has 2 heterocycles. The zero-order chi connectivity index (χ0) is 23.1. The van der Waals surface area contributed by atoms with Crippen molar-refractivity contribution in [1.82, 2.24) is 20.8 Å². The molecule has 0 aliphatic carbocycles. The molecule has 0 unspecified atom stereocenters. The van der Waals surface area contributed by atoms with Gasteiger partial charge in [-0.15, -0.1) is 0 Å². The monoisotopic (exact) mass is 430 g/mol. The zero-order valence-electron chi connectivity index (χ0n) is 17.8. The molecule has 0 saturated carbocycles. The molecule has 8 heteroatoms. The van der Waals surface area contributed by atoms with E-state index in [4.69, 9.17) is 9.94 Å². The third-order valence-corrected chi connectivity index (χ3v) is 4.03. The highest BCUT2D eigenvalue weighted by Crippen LogP contribution is 2.23. The molecule has 2 amide bonds. The Morgan fingerprint density at radius 2 is 1.75 bits per heavy atom. The number of carbonyl (C=O) groups is 2. The van der Waals surface area contributed by atoms with Crippen LogP contribution in [0.25, 0.3) is 11.3 Å². The quantitative estimate of drug-likeness (QED) is 0.333. The lowest BCUT2D eigenvalue weighted by Gasteiger charge is -2.19. The van der Waals surface area contributed by atoms with Crippen LogP contribution in [0.3, 0.4) is 0 Å². The van der Waals surface area contributed by atoms with Gasteiger partial charge in [0.1, 0.15) is 0 Å². The number of nitrogens with zero attached hydrogens (tertiary/aromatic N) is 2. The van der Waals surface area contributed by atoms with Crippen molar-refractivity contribution in [1.29, 1.82) is 0 Å². The number of nitrogens with one attached hydrogen (secondary N) is 2. The van der Waals surface area contributed by atoms with Crippen molar-refractivity contribution in [2.45, 2.75) is 26.3 Å². The van der Waals surface area contributed by atoms with E-state index in [9.17, 15) is 9.59 Å². The van der Waals surface area contributed by atoms with Crippen LogP contribution in [0.15, 0.2) is 60.9 Å². The molecule has 32 heavy (non-hydrogen) atoms. The molecule has 0 bridgehead atoms. The molecule has 1 aromatic carbocycles. The third-order valence-electron chi connectivity index (χ3n) is 4.03. The van der Waals surface area contributed by atoms with Crippen molar-refractivity contribution in [3.05, 3.63) is 77.6 Å². The fourth-order valence-corrected chi connectivity index (χ4v) is 2.63. The Hall–Kier alpha value is -4.22. The van der Waals surface area contributed by atoms with Gasteiger partial charge in [0.15, 0.2) is 0 Å². The predicted molar refractivity (Wildman–Crippen MR) is 118 cm³/mol. The van der Waals surface area contributed by atoms with Gasteiger partial charge in [-0.3, -0.25) is 15.0 Å². The van der Waals surface area contributed by atoms with Gasteiger partial charge in [-0.1, -0.05) is 24.0 Å². The highest BCUT2D eigenvalue weighted by atomic mass is 16.6. The summed E-state index contributed by atoms with van der Waals surface area (Å²) in [5.74, 6) is 5.24. The molecular formula is C24H22N4O4. The van der Waals surface area contributed by atoms with Gasteiger partial charge >= 0.3 is 6.09 Å². The van der Waals surface area contributed by atoms with Crippen LogP contribution in [-0.2, 0) is 0 Å². The minimum Gasteiger partial charge on any atom is -0.391 e. The Balaban J connectivity index is 1.88. The van der Waals surface area contributed by atoms with Gasteiger partial charge < -0.3 is 10.1 Å². The normalized spacial score (nSPS) is 10.5. The van der Waals surface area contributed by atoms with E-state index in [2.05, 4.69) is 27.1 Å². The van der Waals surface area contributed by atoms with E-state index >= 15 is 0 Å². The van der Waals surface area contributed by atoms with Crippen LogP contribution >= 0.6 is 0 Å². The molecule has 0 radical (unpaired) electrons. The van der Waals surface area contributed by atoms with Crippen LogP contribution < -0.4 is 15.5 Å². The fraction of sp³-hybridized carbons (Fsp3) is 0.167. The largest absolute Gasteiger partial charge is 0.414 e. The number of pyridine rings is 2. The number of hydroxylamine groups is 1. The minimum absolute atomic E-state index is 0.0801. The summed E-state index contributed by atoms with van der Waals surface area (Å²) in [6, 6.07) is 13.6. The fourth-order valence-electron chi connectivity index (χ4n) is 2.63. The predicted octanol–water partition coefficient (Wildman–Crippen LogP) is 3.55. The maximum atomic E-state index is 12.1. The Kier molecular flexibility index (Phi) is 6.83. The molecule has 0 fully saturated rings. The second-order valence-electron chi connectivity index (χ2n) is 7.85. The van der Waals surface area contributed by atoms with Crippen molar-refractivity contribution >= 4 is 12.0 Å². The first kappa shape index (κ1) is 22.5. The van der Waals surface area contributed by atoms with Gasteiger partial charge in [0.05, 0.1) is 5.69 Å². The molecule has 3 rings (SSSR count). The molecule has 0 aliphatic rings. The Labute approximate surface area is 185 Å². The Morgan fingerprint density at radius 1 is 1.03 bits per heavy atom. The maximum absolute atomic E-state index is 12.1. The minimum atomic E-state index is -0.756. The van der Waals surface area contributed by atoms with Crippen LogP contribution in [0.5, 0.6) is 5.88 Å². The van der Waals surface area contributed by atoms with Crippen LogP contribution in [0.1, 0.15) is 42.3 Å². The maximum Gasteiger partial charge on any atom is 0.414 e. The molecule has 162 valence electrons. The van der Waals surface area contributed by atoms with E-state index in [1.165, 1.54) is 12.1 Å². The number of hydrogen-bond acceptors (Lipinski definition) is 6. The summed E-state index contributed by atoms with van der Waals surface area (Å²) < 4.78 is 5.25. The molecule has 3 N–H and O–H groups in total. The van der Waals surface area contributed by atoms with Crippen molar-refractivity contribution in [3.8, 4) is 29.0 Å². The van der Waals surface area contributed by atoms with E-state index in [1.54, 1.807) is 30.0 Å². The molecule has 2 aromatic heterocycles. The average Bonchev–Trinajstić information content (AvgIpc) is 2.76. The summed E-state index contributed by atoms with van der Waals surface area (Å²) in [5, 5.41) is 11.7. The summed E-state index contributed by atoms with van der Waals surface area (Å²) in [6.07, 6.45) is 2.65. The summed E-state index contributed by atoms with van der Waals surface area (Å²) >= 11 is 0. The number of rotatable bonds is 3. The van der Waals surface area contributed by atoms with Gasteiger partial charge in [-0.05, 0) is 51.1 Å². The molecule has 0 spiro atoms. The molecule has 8 nitrogen and oxygen atoms in total. The lowest BCUT2D eigenvalue weighted by Crippen LogP contribution is -2.42. The van der Waals surface area contributed by atoms with E-state index in [-0.39, 0.29) is 11.4 Å². The van der Waals surface area contributed by atoms with Crippen LogP contribution in [0, 0.1) is 11.8 Å². The average molecular weight is 430 g/mol. The van der Waals surface area contributed by atoms with Gasteiger partial charge in [0.2, 0.25) is 5.88 Å². The summed E-state index contributed by atoms with van der Waals surface area (Å²) in [5.41, 5.74) is 3.79. The molecular weight excluding hydrogens is 408 g/mol. The highest BCUT2D eigenvalue weighted by Gasteiger charge is 2.18. The zero-order valence-corrected chi connectivity index (χ0v) is 17.8. The van der Waals surface area contributed by atoms with Gasteiger partial charge in [-0.2, -0.15) is 0 Å². The van der Waals surface area contributed by atoms with Crippen LogP contribution in [0.2, 0.25) is 0 Å². The lowest BCUT2D eigenvalue weighted by molar-refractivity contribution is 0.0705. The molecule has 0 aliphatic heterocycles. The molecule has 0 atom stereocenters. The van der Waals surface area contributed by atoms with Crippen molar-refractivity contribution in [2.24, 2.45) is 0 Å². The SMILES string of the molecule is CC(C)(C)NC(=O)Oc1cc(C(=O)NO)cc(-c2ccc(C#Cc3cccnc3)cc2)n1. The van der Waals surface area contributed by atoms with E-state index in [1.807, 2.05) is 45.0 Å². The molecule has 3 aromatic rings. The first-order valence-electron chi connectivity index (χ1n) is 9.72. The standard InChI is InChI=1S/C24H22N4O4/c1-24(2,3)27-23(30)32-21-14-19(22(29)28-31)13-20(26-21)18-10-8-16(9-11-18)6-7-17-5-4-12-25-15-17/h4-5,8-15,31H,1-3H3,(H,27,30)(H,28,29). The number of amides is 2. The number of ether oxygens (including phenoxy) is 1. The van der Waals surface area contributed by atoms with Crippen LogP contribution in [0.4, 0.5) is 4.79 Å². The number of benzene rings is 1. The Bertz CT molecular complexity index is 1170. The summed E-state index contributed by atoms with van der Waals surface area (Å²) in [6.45, 7) is 5.42. The van der Waals surface area contributed by atoms with E-state index in [0.717, 1.165) is 11.1 Å². The van der Waals surface area contributed by atoms with Gasteiger partial charge in [-0.25, -0.2) is 15.3 Å². The van der Waals surface area contributed by atoms with Gasteiger partial charge in [0.25, 0.3) is 5.91 Å².